The maximum atomic E-state index is 12.2. The Morgan fingerprint density at radius 2 is 2.04 bits per heavy atom. The third-order valence-corrected chi connectivity index (χ3v) is 4.26. The van der Waals surface area contributed by atoms with E-state index in [-0.39, 0.29) is 6.03 Å². The first-order valence-corrected chi connectivity index (χ1v) is 8.91. The van der Waals surface area contributed by atoms with Gasteiger partial charge in [-0.2, -0.15) is 10.2 Å². The molecule has 0 aliphatic heterocycles. The lowest BCUT2D eigenvalue weighted by molar-refractivity contribution is 0.257. The summed E-state index contributed by atoms with van der Waals surface area (Å²) in [6, 6.07) is 9.44. The van der Waals surface area contributed by atoms with Crippen molar-refractivity contribution in [2.24, 2.45) is 7.05 Å². The van der Waals surface area contributed by atoms with Crippen LogP contribution in [-0.4, -0.2) is 31.3 Å². The Kier molecular flexibility index (Phi) is 5.08. The van der Waals surface area contributed by atoms with Crippen molar-refractivity contribution in [2.45, 2.75) is 13.8 Å². The molecule has 8 heteroatoms. The van der Waals surface area contributed by atoms with Gasteiger partial charge in [-0.15, -0.1) is 0 Å². The highest BCUT2D eigenvalue weighted by Crippen LogP contribution is 2.30. The second-order valence-corrected chi connectivity index (χ2v) is 6.53. The van der Waals surface area contributed by atoms with E-state index in [4.69, 9.17) is 5.10 Å². The lowest BCUT2D eigenvalue weighted by Gasteiger charge is -2.10. The summed E-state index contributed by atoms with van der Waals surface area (Å²) in [6.45, 7) is 3.92. The fraction of sp³-hybridized carbons (Fsp3) is 0.235. The molecule has 3 rings (SSSR count). The van der Waals surface area contributed by atoms with Crippen LogP contribution in [-0.2, 0) is 7.05 Å². The van der Waals surface area contributed by atoms with E-state index in [1.165, 1.54) is 11.9 Å². The van der Waals surface area contributed by atoms with Gasteiger partial charge in [-0.3, -0.25) is 14.7 Å². The Morgan fingerprint density at radius 3 is 2.68 bits per heavy atom. The average molecular weight is 356 g/mol. The van der Waals surface area contributed by atoms with Crippen molar-refractivity contribution in [3.05, 3.63) is 48.3 Å². The molecule has 0 radical (unpaired) electrons. The van der Waals surface area contributed by atoms with E-state index in [1.54, 1.807) is 15.6 Å². The highest BCUT2D eigenvalue weighted by molar-refractivity contribution is 7.97. The number of urea groups is 1. The summed E-state index contributed by atoms with van der Waals surface area (Å²) in [7, 11) is 1.86. The molecule has 2 heterocycles. The number of carbonyl (C=O) groups is 1. The van der Waals surface area contributed by atoms with Crippen LogP contribution in [0.25, 0.3) is 16.9 Å². The molecule has 0 spiro atoms. The standard InChI is InChI=1S/C17H20N6OS/c1-4-25-21-17(24)19-16-12(2)15(13-10-18-22(3)11-13)20-23(16)14-8-6-5-7-9-14/h5-11H,4H2,1-3H3,(H2,19,21,24). The van der Waals surface area contributed by atoms with Crippen molar-refractivity contribution in [3.8, 4) is 16.9 Å². The summed E-state index contributed by atoms with van der Waals surface area (Å²) < 4.78 is 6.22. The number of nitrogens with one attached hydrogen (secondary N) is 2. The zero-order valence-corrected chi connectivity index (χ0v) is 15.2. The van der Waals surface area contributed by atoms with Crippen LogP contribution >= 0.6 is 11.9 Å². The zero-order valence-electron chi connectivity index (χ0n) is 14.4. The molecule has 1 aromatic carbocycles. The molecule has 2 aromatic heterocycles. The van der Waals surface area contributed by atoms with Gasteiger partial charge in [0.05, 0.1) is 11.9 Å². The van der Waals surface area contributed by atoms with Crippen LogP contribution in [0.15, 0.2) is 42.7 Å². The Hall–Kier alpha value is -2.74. The van der Waals surface area contributed by atoms with Gasteiger partial charge in [-0.1, -0.05) is 25.1 Å². The molecular weight excluding hydrogens is 336 g/mol. The minimum atomic E-state index is -0.273. The number of hydrogen-bond acceptors (Lipinski definition) is 4. The van der Waals surface area contributed by atoms with Crippen LogP contribution in [0.3, 0.4) is 0 Å². The van der Waals surface area contributed by atoms with Gasteiger partial charge in [0.1, 0.15) is 11.5 Å². The van der Waals surface area contributed by atoms with E-state index in [0.717, 1.165) is 28.3 Å². The number of hydrogen-bond donors (Lipinski definition) is 2. The van der Waals surface area contributed by atoms with Crippen LogP contribution in [0, 0.1) is 6.92 Å². The van der Waals surface area contributed by atoms with E-state index < -0.39 is 0 Å². The maximum Gasteiger partial charge on any atom is 0.330 e. The first-order chi connectivity index (χ1) is 12.1. The van der Waals surface area contributed by atoms with Gasteiger partial charge < -0.3 is 0 Å². The Balaban J connectivity index is 2.04. The van der Waals surface area contributed by atoms with Crippen molar-refractivity contribution in [2.75, 3.05) is 11.1 Å². The summed E-state index contributed by atoms with van der Waals surface area (Å²) in [5, 5.41) is 11.8. The number of aryl methyl sites for hydroxylation is 1. The summed E-state index contributed by atoms with van der Waals surface area (Å²) in [6.07, 6.45) is 3.67. The van der Waals surface area contributed by atoms with Crippen molar-refractivity contribution in [1.29, 1.82) is 0 Å². The monoisotopic (exact) mass is 356 g/mol. The minimum Gasteiger partial charge on any atom is -0.291 e. The number of anilines is 1. The largest absolute Gasteiger partial charge is 0.330 e. The summed E-state index contributed by atoms with van der Waals surface area (Å²) in [4.78, 5) is 12.2. The Labute approximate surface area is 150 Å². The first kappa shape index (κ1) is 17.1. The van der Waals surface area contributed by atoms with Gasteiger partial charge in [0.25, 0.3) is 0 Å². The van der Waals surface area contributed by atoms with Crippen LogP contribution in [0.4, 0.5) is 10.6 Å². The SMILES string of the molecule is CCSNC(=O)Nc1c(C)c(-c2cnn(C)c2)nn1-c1ccccc1. The topological polar surface area (TPSA) is 76.8 Å². The molecule has 130 valence electrons. The highest BCUT2D eigenvalue weighted by Gasteiger charge is 2.19. The number of aromatic nitrogens is 4. The molecule has 2 amide bonds. The lowest BCUT2D eigenvalue weighted by atomic mass is 10.1. The zero-order chi connectivity index (χ0) is 17.8. The quantitative estimate of drug-likeness (QED) is 0.687. The molecule has 0 saturated carbocycles. The Bertz CT molecular complexity index is 871. The number of rotatable bonds is 5. The second-order valence-electron chi connectivity index (χ2n) is 5.46. The fourth-order valence-corrected chi connectivity index (χ4v) is 2.81. The third kappa shape index (κ3) is 3.69. The fourth-order valence-electron chi connectivity index (χ4n) is 2.49. The molecule has 7 nitrogen and oxygen atoms in total. The van der Waals surface area contributed by atoms with Crippen LogP contribution in [0.2, 0.25) is 0 Å². The normalized spacial score (nSPS) is 10.7. The van der Waals surface area contributed by atoms with E-state index in [1.807, 2.05) is 57.4 Å². The molecule has 2 N–H and O–H groups in total. The van der Waals surface area contributed by atoms with E-state index >= 15 is 0 Å². The van der Waals surface area contributed by atoms with E-state index in [9.17, 15) is 4.79 Å². The molecule has 0 fully saturated rings. The minimum absolute atomic E-state index is 0.273. The third-order valence-electron chi connectivity index (χ3n) is 3.64. The number of para-hydroxylation sites is 1. The van der Waals surface area contributed by atoms with Gasteiger partial charge in [-0.05, 0) is 31.0 Å². The van der Waals surface area contributed by atoms with Crippen LogP contribution in [0.1, 0.15) is 12.5 Å². The molecule has 0 saturated heterocycles. The van der Waals surface area contributed by atoms with Gasteiger partial charge in [-0.25, -0.2) is 9.48 Å². The number of nitrogens with zero attached hydrogens (tertiary/aromatic N) is 4. The lowest BCUT2D eigenvalue weighted by Crippen LogP contribution is -2.24. The van der Waals surface area contributed by atoms with E-state index in [2.05, 4.69) is 15.1 Å². The smallest absolute Gasteiger partial charge is 0.291 e. The molecular formula is C17H20N6OS. The van der Waals surface area contributed by atoms with Crippen LogP contribution in [0.5, 0.6) is 0 Å². The van der Waals surface area contributed by atoms with Crippen LogP contribution < -0.4 is 10.0 Å². The molecule has 0 aliphatic rings. The predicted molar refractivity (Wildman–Crippen MR) is 101 cm³/mol. The predicted octanol–water partition coefficient (Wildman–Crippen LogP) is 3.37. The van der Waals surface area contributed by atoms with Gasteiger partial charge in [0, 0.05) is 30.1 Å². The average Bonchev–Trinajstić information content (AvgIpc) is 3.18. The van der Waals surface area contributed by atoms with Gasteiger partial charge >= 0.3 is 6.03 Å². The molecule has 25 heavy (non-hydrogen) atoms. The van der Waals surface area contributed by atoms with Crippen molar-refractivity contribution in [3.63, 3.8) is 0 Å². The summed E-state index contributed by atoms with van der Waals surface area (Å²) in [5.74, 6) is 1.44. The highest BCUT2D eigenvalue weighted by atomic mass is 32.2. The van der Waals surface area contributed by atoms with Gasteiger partial charge in [0.15, 0.2) is 0 Å². The summed E-state index contributed by atoms with van der Waals surface area (Å²) in [5.41, 5.74) is 3.45. The molecule has 0 unspecified atom stereocenters. The number of carbonyl (C=O) groups excluding carboxylic acids is 1. The van der Waals surface area contributed by atoms with Gasteiger partial charge in [0.2, 0.25) is 0 Å². The van der Waals surface area contributed by atoms with Crippen molar-refractivity contribution in [1.82, 2.24) is 24.3 Å². The van der Waals surface area contributed by atoms with Crippen molar-refractivity contribution >= 4 is 23.8 Å². The first-order valence-electron chi connectivity index (χ1n) is 7.93. The van der Waals surface area contributed by atoms with E-state index in [0.29, 0.717) is 5.82 Å². The molecule has 0 atom stereocenters. The summed E-state index contributed by atoms with van der Waals surface area (Å²) >= 11 is 1.34. The molecule has 0 bridgehead atoms. The second kappa shape index (κ2) is 7.43. The Morgan fingerprint density at radius 1 is 1.28 bits per heavy atom. The maximum absolute atomic E-state index is 12.2. The number of amides is 2. The van der Waals surface area contributed by atoms with Crippen molar-refractivity contribution < 1.29 is 4.79 Å². The number of benzene rings is 1. The molecule has 0 aliphatic carbocycles. The molecule has 3 aromatic rings.